The van der Waals surface area contributed by atoms with E-state index in [4.69, 9.17) is 23.8 Å². The minimum absolute atomic E-state index is 0.00779. The lowest BCUT2D eigenvalue weighted by atomic mass is 10.2. The average Bonchev–Trinajstić information content (AvgIpc) is 2.70. The molecule has 1 amide bonds. The van der Waals surface area contributed by atoms with Crippen molar-refractivity contribution in [2.24, 2.45) is 0 Å². The van der Waals surface area contributed by atoms with Crippen LogP contribution in [-0.4, -0.2) is 17.5 Å². The van der Waals surface area contributed by atoms with Gasteiger partial charge in [-0.1, -0.05) is 11.6 Å². The molecule has 0 unspecified atom stereocenters. The molecule has 0 fully saturated rings. The van der Waals surface area contributed by atoms with Crippen LogP contribution in [-0.2, 0) is 11.2 Å². The standard InChI is InChI=1S/C13H11ClF2N2O2S2/c1-6-10(22-13(21)17-6)5-11(19)18-7-2-3-9(8(14)4-7)20-12(15)16/h2-4,12H,5H2,1H3,(H,17,21)(H,18,19). The molecule has 1 aromatic heterocycles. The van der Waals surface area contributed by atoms with Crippen molar-refractivity contribution in [3.8, 4) is 5.75 Å². The topological polar surface area (TPSA) is 54.1 Å². The zero-order chi connectivity index (χ0) is 16.3. The van der Waals surface area contributed by atoms with Crippen LogP contribution in [0, 0.1) is 10.9 Å². The molecule has 0 saturated heterocycles. The number of thiazole rings is 1. The lowest BCUT2D eigenvalue weighted by Gasteiger charge is -2.09. The maximum absolute atomic E-state index is 12.1. The van der Waals surface area contributed by atoms with Crippen LogP contribution in [0.2, 0.25) is 5.02 Å². The number of benzene rings is 1. The van der Waals surface area contributed by atoms with Crippen LogP contribution in [0.3, 0.4) is 0 Å². The Balaban J connectivity index is 2.04. The highest BCUT2D eigenvalue weighted by molar-refractivity contribution is 7.73. The molecule has 4 nitrogen and oxygen atoms in total. The molecular formula is C13H11ClF2N2O2S2. The van der Waals surface area contributed by atoms with Gasteiger partial charge in [0.15, 0.2) is 3.95 Å². The third-order valence-corrected chi connectivity index (χ3v) is 4.31. The fraction of sp³-hybridized carbons (Fsp3) is 0.231. The quantitative estimate of drug-likeness (QED) is 0.765. The first-order valence-corrected chi connectivity index (χ1v) is 7.68. The van der Waals surface area contributed by atoms with Crippen LogP contribution < -0.4 is 10.1 Å². The van der Waals surface area contributed by atoms with Crippen molar-refractivity contribution >= 4 is 46.8 Å². The number of H-pyrrole nitrogens is 1. The van der Waals surface area contributed by atoms with Crippen molar-refractivity contribution in [3.05, 3.63) is 37.7 Å². The number of carbonyl (C=O) groups is 1. The number of aromatic nitrogens is 1. The fourth-order valence-electron chi connectivity index (χ4n) is 1.73. The molecule has 1 heterocycles. The molecule has 9 heteroatoms. The van der Waals surface area contributed by atoms with Gasteiger partial charge in [0.2, 0.25) is 5.91 Å². The summed E-state index contributed by atoms with van der Waals surface area (Å²) in [5.41, 5.74) is 1.25. The Hall–Kier alpha value is -1.51. The van der Waals surface area contributed by atoms with Crippen molar-refractivity contribution in [3.63, 3.8) is 0 Å². The Bertz CT molecular complexity index is 746. The molecule has 0 aliphatic heterocycles. The molecule has 2 N–H and O–H groups in total. The molecule has 0 aliphatic carbocycles. The lowest BCUT2D eigenvalue weighted by molar-refractivity contribution is -0.115. The molecule has 22 heavy (non-hydrogen) atoms. The van der Waals surface area contributed by atoms with Gasteiger partial charge in [-0.15, -0.1) is 11.3 Å². The number of hydrogen-bond acceptors (Lipinski definition) is 4. The van der Waals surface area contributed by atoms with E-state index in [2.05, 4.69) is 15.0 Å². The third kappa shape index (κ3) is 4.49. The van der Waals surface area contributed by atoms with E-state index in [0.717, 1.165) is 10.6 Å². The Morgan fingerprint density at radius 1 is 1.55 bits per heavy atom. The predicted octanol–water partition coefficient (Wildman–Crippen LogP) is 4.55. The van der Waals surface area contributed by atoms with Gasteiger partial charge in [-0.3, -0.25) is 4.79 Å². The Morgan fingerprint density at radius 2 is 2.27 bits per heavy atom. The van der Waals surface area contributed by atoms with Gasteiger partial charge in [-0.2, -0.15) is 8.78 Å². The van der Waals surface area contributed by atoms with Crippen LogP contribution in [0.5, 0.6) is 5.75 Å². The maximum Gasteiger partial charge on any atom is 0.387 e. The second-order valence-electron chi connectivity index (χ2n) is 4.31. The summed E-state index contributed by atoms with van der Waals surface area (Å²) in [6, 6.07) is 4.06. The van der Waals surface area contributed by atoms with Crippen LogP contribution in [0.25, 0.3) is 0 Å². The van der Waals surface area contributed by atoms with Gasteiger partial charge in [0.1, 0.15) is 5.75 Å². The van der Waals surface area contributed by atoms with Gasteiger partial charge in [0.05, 0.1) is 11.4 Å². The van der Waals surface area contributed by atoms with Crippen molar-refractivity contribution < 1.29 is 18.3 Å². The summed E-state index contributed by atoms with van der Waals surface area (Å²) in [5.74, 6) is -0.402. The molecule has 0 bridgehead atoms. The molecule has 118 valence electrons. The number of hydrogen-bond donors (Lipinski definition) is 2. The Kier molecular flexibility index (Phi) is 5.49. The SMILES string of the molecule is Cc1[nH]c(=S)sc1CC(=O)Nc1ccc(OC(F)F)c(Cl)c1. The number of nitrogens with one attached hydrogen (secondary N) is 2. The highest BCUT2D eigenvalue weighted by Gasteiger charge is 2.12. The first kappa shape index (κ1) is 16.9. The molecular weight excluding hydrogens is 354 g/mol. The number of halogens is 3. The fourth-order valence-corrected chi connectivity index (χ4v) is 3.24. The number of anilines is 1. The van der Waals surface area contributed by atoms with Gasteiger partial charge in [-0.25, -0.2) is 0 Å². The summed E-state index contributed by atoms with van der Waals surface area (Å²) in [6.07, 6.45) is 0.163. The van der Waals surface area contributed by atoms with E-state index in [1.165, 1.54) is 29.5 Å². The zero-order valence-electron chi connectivity index (χ0n) is 11.3. The van der Waals surface area contributed by atoms with Gasteiger partial charge < -0.3 is 15.0 Å². The highest BCUT2D eigenvalue weighted by Crippen LogP contribution is 2.29. The van der Waals surface area contributed by atoms with E-state index in [-0.39, 0.29) is 23.1 Å². The van der Waals surface area contributed by atoms with Crippen molar-refractivity contribution in [1.29, 1.82) is 0 Å². The number of amides is 1. The highest BCUT2D eigenvalue weighted by atomic mass is 35.5. The zero-order valence-corrected chi connectivity index (χ0v) is 13.7. The molecule has 2 rings (SSSR count). The summed E-state index contributed by atoms with van der Waals surface area (Å²) >= 11 is 12.2. The average molecular weight is 365 g/mol. The number of aromatic amines is 1. The van der Waals surface area contributed by atoms with Crippen LogP contribution in [0.4, 0.5) is 14.5 Å². The number of aryl methyl sites for hydroxylation is 1. The van der Waals surface area contributed by atoms with E-state index in [1.54, 1.807) is 0 Å². The second kappa shape index (κ2) is 7.17. The summed E-state index contributed by atoms with van der Waals surface area (Å²) in [7, 11) is 0. The van der Waals surface area contributed by atoms with Crippen molar-refractivity contribution in [2.75, 3.05) is 5.32 Å². The summed E-state index contributed by atoms with van der Waals surface area (Å²) < 4.78 is 29.1. The van der Waals surface area contributed by atoms with Crippen molar-refractivity contribution in [1.82, 2.24) is 4.98 Å². The van der Waals surface area contributed by atoms with Crippen LogP contribution in [0.1, 0.15) is 10.6 Å². The summed E-state index contributed by atoms with van der Waals surface area (Å²) in [4.78, 5) is 15.8. The monoisotopic (exact) mass is 364 g/mol. The molecule has 0 spiro atoms. The van der Waals surface area contributed by atoms with E-state index >= 15 is 0 Å². The predicted molar refractivity (Wildman–Crippen MR) is 84.7 cm³/mol. The van der Waals surface area contributed by atoms with E-state index < -0.39 is 6.61 Å². The number of ether oxygens (including phenoxy) is 1. The van der Waals surface area contributed by atoms with Crippen molar-refractivity contribution in [2.45, 2.75) is 20.0 Å². The normalized spacial score (nSPS) is 10.8. The molecule has 0 atom stereocenters. The van der Waals surface area contributed by atoms with Gasteiger partial charge in [0, 0.05) is 16.3 Å². The maximum atomic E-state index is 12.1. The number of carbonyl (C=O) groups excluding carboxylic acids is 1. The number of rotatable bonds is 5. The van der Waals surface area contributed by atoms with Crippen LogP contribution >= 0.6 is 35.2 Å². The second-order valence-corrected chi connectivity index (χ2v) is 6.49. The Labute approximate surface area is 139 Å². The van der Waals surface area contributed by atoms with Gasteiger partial charge in [-0.05, 0) is 37.3 Å². The third-order valence-electron chi connectivity index (χ3n) is 2.68. The minimum Gasteiger partial charge on any atom is -0.433 e. The molecule has 0 aliphatic rings. The number of alkyl halides is 2. The smallest absolute Gasteiger partial charge is 0.387 e. The Morgan fingerprint density at radius 3 is 2.82 bits per heavy atom. The molecule has 0 radical (unpaired) electrons. The first-order chi connectivity index (χ1) is 10.3. The lowest BCUT2D eigenvalue weighted by Crippen LogP contribution is -2.14. The van der Waals surface area contributed by atoms with Gasteiger partial charge in [0.25, 0.3) is 0 Å². The summed E-state index contributed by atoms with van der Waals surface area (Å²) in [5, 5.41) is 2.63. The molecule has 1 aromatic carbocycles. The van der Waals surface area contributed by atoms with E-state index in [9.17, 15) is 13.6 Å². The minimum atomic E-state index is -2.96. The largest absolute Gasteiger partial charge is 0.433 e. The molecule has 0 saturated carbocycles. The van der Waals surface area contributed by atoms with Gasteiger partial charge >= 0.3 is 6.61 Å². The van der Waals surface area contributed by atoms with E-state index in [0.29, 0.717) is 9.64 Å². The first-order valence-electron chi connectivity index (χ1n) is 6.08. The van der Waals surface area contributed by atoms with E-state index in [1.807, 2.05) is 6.92 Å². The molecule has 2 aromatic rings. The summed E-state index contributed by atoms with van der Waals surface area (Å²) in [6.45, 7) is -1.12. The van der Waals surface area contributed by atoms with Crippen LogP contribution in [0.15, 0.2) is 18.2 Å².